The Hall–Kier alpha value is -3.42. The maximum absolute atomic E-state index is 13.0. The van der Waals surface area contributed by atoms with Crippen LogP contribution in [0, 0.1) is 13.8 Å². The van der Waals surface area contributed by atoms with Gasteiger partial charge in [0.15, 0.2) is 0 Å². The van der Waals surface area contributed by atoms with Crippen molar-refractivity contribution in [3.05, 3.63) is 98.0 Å². The first-order valence-corrected chi connectivity index (χ1v) is 11.6. The minimum atomic E-state index is -0.814. The van der Waals surface area contributed by atoms with Crippen LogP contribution >= 0.6 is 27.5 Å². The summed E-state index contributed by atoms with van der Waals surface area (Å²) in [6, 6.07) is 16.8. The van der Waals surface area contributed by atoms with Crippen LogP contribution in [0.4, 0.5) is 10.5 Å². The van der Waals surface area contributed by atoms with Crippen LogP contribution in [0.1, 0.15) is 22.3 Å². The monoisotopic (exact) mass is 538 g/mol. The molecule has 1 aliphatic heterocycles. The predicted molar refractivity (Wildman–Crippen MR) is 135 cm³/mol. The molecule has 0 unspecified atom stereocenters. The highest BCUT2D eigenvalue weighted by Crippen LogP contribution is 2.29. The number of hydrogen-bond acceptors (Lipinski definition) is 4. The summed E-state index contributed by atoms with van der Waals surface area (Å²) in [6.07, 6.45) is 1.44. The number of hydrogen-bond donors (Lipinski definition) is 1. The lowest BCUT2D eigenvalue weighted by molar-refractivity contribution is -0.122. The van der Waals surface area contributed by atoms with Gasteiger partial charge in [0.1, 0.15) is 17.9 Å². The third-order valence-electron chi connectivity index (χ3n) is 5.42. The van der Waals surface area contributed by atoms with Gasteiger partial charge in [0.25, 0.3) is 11.8 Å². The number of benzene rings is 3. The van der Waals surface area contributed by atoms with Crippen molar-refractivity contribution in [2.24, 2.45) is 0 Å². The summed E-state index contributed by atoms with van der Waals surface area (Å²) < 4.78 is 6.59. The highest BCUT2D eigenvalue weighted by Gasteiger charge is 2.36. The Bertz CT molecular complexity index is 1340. The van der Waals surface area contributed by atoms with Crippen molar-refractivity contribution < 1.29 is 19.1 Å². The fraction of sp³-hybridized carbons (Fsp3) is 0.115. The van der Waals surface area contributed by atoms with Crippen molar-refractivity contribution in [1.29, 1.82) is 0 Å². The third kappa shape index (κ3) is 5.05. The molecule has 8 heteroatoms. The Morgan fingerprint density at radius 3 is 2.38 bits per heavy atom. The average Bonchev–Trinajstić information content (AvgIpc) is 2.79. The van der Waals surface area contributed by atoms with Crippen LogP contribution in [-0.4, -0.2) is 17.8 Å². The number of barbiturate groups is 1. The van der Waals surface area contributed by atoms with E-state index in [-0.39, 0.29) is 5.57 Å². The molecule has 0 spiro atoms. The maximum Gasteiger partial charge on any atom is 0.335 e. The van der Waals surface area contributed by atoms with Gasteiger partial charge in [-0.05, 0) is 94.5 Å². The molecule has 0 radical (unpaired) electrons. The van der Waals surface area contributed by atoms with Gasteiger partial charge >= 0.3 is 6.03 Å². The summed E-state index contributed by atoms with van der Waals surface area (Å²) in [5, 5.41) is 2.67. The smallest absolute Gasteiger partial charge is 0.335 e. The molecule has 4 amide bonds. The number of urea groups is 1. The normalized spacial score (nSPS) is 15.0. The first-order valence-electron chi connectivity index (χ1n) is 10.4. The Kier molecular flexibility index (Phi) is 6.86. The number of carbonyl (C=O) groups is 3. The molecule has 1 saturated heterocycles. The molecule has 0 atom stereocenters. The van der Waals surface area contributed by atoms with Crippen molar-refractivity contribution >= 4 is 57.1 Å². The highest BCUT2D eigenvalue weighted by molar-refractivity contribution is 9.10. The molecule has 0 aliphatic carbocycles. The van der Waals surface area contributed by atoms with Gasteiger partial charge in [0, 0.05) is 5.02 Å². The van der Waals surface area contributed by atoms with Crippen molar-refractivity contribution in [3.63, 3.8) is 0 Å². The van der Waals surface area contributed by atoms with E-state index in [0.717, 1.165) is 10.5 Å². The molecular weight excluding hydrogens is 520 g/mol. The van der Waals surface area contributed by atoms with Gasteiger partial charge in [-0.2, -0.15) is 0 Å². The highest BCUT2D eigenvalue weighted by atomic mass is 79.9. The molecule has 1 N–H and O–H groups in total. The first-order chi connectivity index (χ1) is 16.2. The lowest BCUT2D eigenvalue weighted by Gasteiger charge is -2.26. The lowest BCUT2D eigenvalue weighted by atomic mass is 10.1. The Balaban J connectivity index is 1.55. The zero-order valence-electron chi connectivity index (χ0n) is 18.4. The summed E-state index contributed by atoms with van der Waals surface area (Å²) in [5.41, 5.74) is 4.21. The van der Waals surface area contributed by atoms with Crippen LogP contribution in [0.3, 0.4) is 0 Å². The minimum Gasteiger partial charge on any atom is -0.488 e. The number of halogens is 2. The van der Waals surface area contributed by atoms with Gasteiger partial charge in [-0.1, -0.05) is 35.9 Å². The molecule has 3 aromatic carbocycles. The van der Waals surface area contributed by atoms with Crippen molar-refractivity contribution in [1.82, 2.24) is 5.32 Å². The zero-order chi connectivity index (χ0) is 24.4. The Morgan fingerprint density at radius 2 is 1.71 bits per heavy atom. The number of aryl methyl sites for hydroxylation is 2. The largest absolute Gasteiger partial charge is 0.488 e. The topological polar surface area (TPSA) is 75.7 Å². The summed E-state index contributed by atoms with van der Waals surface area (Å²) in [7, 11) is 0. The van der Waals surface area contributed by atoms with Crippen molar-refractivity contribution in [2.75, 3.05) is 4.90 Å². The molecule has 6 nitrogen and oxygen atoms in total. The molecule has 0 aromatic heterocycles. The van der Waals surface area contributed by atoms with Crippen LogP contribution in [0.15, 0.2) is 70.7 Å². The molecule has 1 fully saturated rings. The Labute approximate surface area is 210 Å². The number of nitrogens with zero attached hydrogens (tertiary/aromatic N) is 1. The number of nitrogens with one attached hydrogen (secondary N) is 1. The average molecular weight is 540 g/mol. The predicted octanol–water partition coefficient (Wildman–Crippen LogP) is 5.96. The summed E-state index contributed by atoms with van der Waals surface area (Å²) in [6.45, 7) is 4.52. The van der Waals surface area contributed by atoms with E-state index < -0.39 is 17.8 Å². The van der Waals surface area contributed by atoms with Crippen LogP contribution < -0.4 is 15.0 Å². The number of amides is 4. The number of imide groups is 2. The first kappa shape index (κ1) is 23.7. The number of anilines is 1. The number of ether oxygens (including phenoxy) is 1. The summed E-state index contributed by atoms with van der Waals surface area (Å²) >= 11 is 9.39. The van der Waals surface area contributed by atoms with Crippen LogP contribution in [0.2, 0.25) is 5.02 Å². The fourth-order valence-electron chi connectivity index (χ4n) is 3.43. The van der Waals surface area contributed by atoms with E-state index in [1.807, 2.05) is 6.07 Å². The van der Waals surface area contributed by atoms with Gasteiger partial charge < -0.3 is 4.74 Å². The molecule has 0 saturated carbocycles. The molecule has 172 valence electrons. The van der Waals surface area contributed by atoms with E-state index in [4.69, 9.17) is 16.3 Å². The van der Waals surface area contributed by atoms with E-state index >= 15 is 0 Å². The van der Waals surface area contributed by atoms with Crippen molar-refractivity contribution in [2.45, 2.75) is 20.5 Å². The second-order valence-corrected chi connectivity index (χ2v) is 9.12. The van der Waals surface area contributed by atoms with Crippen molar-refractivity contribution in [3.8, 4) is 5.75 Å². The SMILES string of the molecule is Cc1ccc(COc2ccc(/C=C3\C(=O)NC(=O)N(c4ccc(Cl)cc4)C3=O)cc2Br)cc1C. The molecule has 34 heavy (non-hydrogen) atoms. The molecule has 3 aromatic rings. The second kappa shape index (κ2) is 9.83. The molecule has 4 rings (SSSR count). The quantitative estimate of drug-likeness (QED) is 0.320. The van der Waals surface area contributed by atoms with Gasteiger partial charge in [0.2, 0.25) is 0 Å². The van der Waals surface area contributed by atoms with E-state index in [9.17, 15) is 14.4 Å². The molecule has 1 aliphatic rings. The number of rotatable bonds is 5. The molecular formula is C26H20BrClN2O4. The van der Waals surface area contributed by atoms with Gasteiger partial charge in [0.05, 0.1) is 10.2 Å². The van der Waals surface area contributed by atoms with Crippen LogP contribution in [0.5, 0.6) is 5.75 Å². The minimum absolute atomic E-state index is 0.162. The summed E-state index contributed by atoms with van der Waals surface area (Å²) in [5.74, 6) is -0.855. The van der Waals surface area contributed by atoms with E-state index in [0.29, 0.717) is 33.1 Å². The Morgan fingerprint density at radius 1 is 0.971 bits per heavy atom. The second-order valence-electron chi connectivity index (χ2n) is 7.83. The zero-order valence-corrected chi connectivity index (χ0v) is 20.7. The molecule has 1 heterocycles. The fourth-order valence-corrected chi connectivity index (χ4v) is 4.06. The lowest BCUT2D eigenvalue weighted by Crippen LogP contribution is -2.54. The maximum atomic E-state index is 13.0. The third-order valence-corrected chi connectivity index (χ3v) is 6.29. The van der Waals surface area contributed by atoms with Crippen LogP contribution in [0.25, 0.3) is 6.08 Å². The standard InChI is InChI=1S/C26H20BrClN2O4/c1-15-3-4-18(11-16(15)2)14-34-23-10-5-17(13-22(23)27)12-21-24(31)29-26(33)30(25(21)32)20-8-6-19(28)7-9-20/h3-13H,14H2,1-2H3,(H,29,31,33)/b21-12+. The molecule has 0 bridgehead atoms. The van der Waals surface area contributed by atoms with Gasteiger partial charge in [-0.25, -0.2) is 9.69 Å². The van der Waals surface area contributed by atoms with Gasteiger partial charge in [-0.15, -0.1) is 0 Å². The van der Waals surface area contributed by atoms with E-state index in [1.165, 1.54) is 29.3 Å². The van der Waals surface area contributed by atoms with Gasteiger partial charge in [-0.3, -0.25) is 14.9 Å². The van der Waals surface area contributed by atoms with Crippen LogP contribution in [-0.2, 0) is 16.2 Å². The van der Waals surface area contributed by atoms with E-state index in [2.05, 4.69) is 47.2 Å². The van der Waals surface area contributed by atoms with E-state index in [1.54, 1.807) is 30.3 Å². The number of carbonyl (C=O) groups excluding carboxylic acids is 3. The summed E-state index contributed by atoms with van der Waals surface area (Å²) in [4.78, 5) is 38.6.